The van der Waals surface area contributed by atoms with Crippen molar-refractivity contribution in [1.82, 2.24) is 10.3 Å². The van der Waals surface area contributed by atoms with E-state index in [0.717, 1.165) is 37.2 Å². The van der Waals surface area contributed by atoms with Crippen LogP contribution in [-0.2, 0) is 22.4 Å². The summed E-state index contributed by atoms with van der Waals surface area (Å²) in [6.45, 7) is -0.164. The van der Waals surface area contributed by atoms with Crippen LogP contribution in [0.5, 0.6) is 0 Å². The van der Waals surface area contributed by atoms with E-state index in [1.54, 1.807) is 6.07 Å². The minimum Gasteiger partial charge on any atom is -0.448 e. The van der Waals surface area contributed by atoms with E-state index in [-0.39, 0.29) is 55.3 Å². The van der Waals surface area contributed by atoms with Gasteiger partial charge in [0, 0.05) is 37.5 Å². The van der Waals surface area contributed by atoms with Gasteiger partial charge in [-0.15, -0.1) is 0 Å². The number of aliphatic hydroxyl groups is 2. The first-order valence-corrected chi connectivity index (χ1v) is 16.0. The number of nitrogens with zero attached hydrogens (tertiary/aromatic N) is 1. The summed E-state index contributed by atoms with van der Waals surface area (Å²) in [5.74, 6) is -1.74. The monoisotopic (exact) mass is 599 g/mol. The molecule has 0 radical (unpaired) electrons. The zero-order valence-electron chi connectivity index (χ0n) is 24.9. The average Bonchev–Trinajstić information content (AvgIpc) is 3.76. The molecule has 9 nitrogen and oxygen atoms in total. The number of aliphatic hydroxyl groups excluding tert-OH is 2. The van der Waals surface area contributed by atoms with Gasteiger partial charge in [0.1, 0.15) is 12.1 Å². The molecule has 5 N–H and O–H groups in total. The molecule has 2 amide bonds. The van der Waals surface area contributed by atoms with Gasteiger partial charge in [0.25, 0.3) is 5.91 Å². The predicted molar refractivity (Wildman–Crippen MR) is 158 cm³/mol. The number of hydrogen-bond donors (Lipinski definition) is 4. The van der Waals surface area contributed by atoms with Gasteiger partial charge in [-0.3, -0.25) is 9.59 Å². The Balaban J connectivity index is 1.23. The Morgan fingerprint density at radius 2 is 1.81 bits per heavy atom. The van der Waals surface area contributed by atoms with Gasteiger partial charge >= 0.3 is 0 Å². The molecule has 1 aliphatic carbocycles. The lowest BCUT2D eigenvalue weighted by atomic mass is 9.75. The highest BCUT2D eigenvalue weighted by molar-refractivity contribution is 5.91. The number of fused-ring (bicyclic) bond motifs is 2. The van der Waals surface area contributed by atoms with Crippen LogP contribution in [0.4, 0.5) is 4.39 Å². The van der Waals surface area contributed by atoms with Gasteiger partial charge in [0.15, 0.2) is 5.69 Å². The highest BCUT2D eigenvalue weighted by Gasteiger charge is 2.51. The molecule has 236 valence electrons. The number of amides is 2. The van der Waals surface area contributed by atoms with E-state index in [4.69, 9.17) is 14.9 Å². The second-order valence-electron chi connectivity index (χ2n) is 12.8. The number of hydrogen-bond acceptors (Lipinski definition) is 7. The van der Waals surface area contributed by atoms with E-state index in [1.165, 1.54) is 56.9 Å². The number of nitrogens with two attached hydrogens (primary N) is 1. The number of rotatable bonds is 15. The SMILES string of the molecule is NC(=O)C(Cc1ccc(F)cc1C[C@@H]1[C@H](c2nc(C(=O)NCCCCC3CCCCC3)co2)[C@H]2CC[C@H]1O2)C(CO)CO. The first-order valence-electron chi connectivity index (χ1n) is 16.0. The van der Waals surface area contributed by atoms with Gasteiger partial charge in [-0.1, -0.05) is 51.0 Å². The Kier molecular flexibility index (Phi) is 10.9. The number of aromatic nitrogens is 1. The lowest BCUT2D eigenvalue weighted by molar-refractivity contribution is -0.124. The number of primary amides is 1. The van der Waals surface area contributed by atoms with E-state index in [2.05, 4.69) is 10.3 Å². The van der Waals surface area contributed by atoms with Crippen LogP contribution in [0.2, 0.25) is 0 Å². The van der Waals surface area contributed by atoms with Crippen molar-refractivity contribution in [2.24, 2.45) is 29.4 Å². The molecule has 2 saturated heterocycles. The first-order chi connectivity index (χ1) is 20.9. The van der Waals surface area contributed by atoms with Gasteiger partial charge in [-0.25, -0.2) is 9.37 Å². The number of carbonyl (C=O) groups is 2. The average molecular weight is 600 g/mol. The van der Waals surface area contributed by atoms with Crippen molar-refractivity contribution in [1.29, 1.82) is 0 Å². The van der Waals surface area contributed by atoms with Crippen molar-refractivity contribution in [2.45, 2.75) is 95.2 Å². The predicted octanol–water partition coefficient (Wildman–Crippen LogP) is 4.04. The number of benzene rings is 1. The van der Waals surface area contributed by atoms with Gasteiger partial charge < -0.3 is 30.4 Å². The molecule has 1 aromatic heterocycles. The van der Waals surface area contributed by atoms with E-state index >= 15 is 0 Å². The molecule has 5 atom stereocenters. The van der Waals surface area contributed by atoms with Crippen LogP contribution in [0, 0.1) is 29.5 Å². The number of unbranched alkanes of at least 4 members (excludes halogenated alkanes) is 1. The Morgan fingerprint density at radius 1 is 1.05 bits per heavy atom. The van der Waals surface area contributed by atoms with Gasteiger partial charge in [0.05, 0.1) is 18.1 Å². The zero-order chi connectivity index (χ0) is 30.3. The van der Waals surface area contributed by atoms with Crippen molar-refractivity contribution < 1.29 is 33.3 Å². The molecule has 2 aromatic rings. The van der Waals surface area contributed by atoms with Crippen LogP contribution in [0.3, 0.4) is 0 Å². The molecular weight excluding hydrogens is 553 g/mol. The summed E-state index contributed by atoms with van der Waals surface area (Å²) < 4.78 is 26.6. The lowest BCUT2D eigenvalue weighted by Crippen LogP contribution is -2.36. The minimum absolute atomic E-state index is 0.0611. The standard InChI is InChI=1S/C33H46FN3O6/c34-24-10-9-21(15-25(31(35)40)23(17-38)18-39)22(14-24)16-26-28-11-12-29(43-28)30(26)33-37-27(19-42-33)32(41)36-13-5-4-8-20-6-2-1-3-7-20/h9-10,14,19-20,23,25-26,28-30,38-39H,1-8,11-13,15-18H2,(H2,35,40)(H,36,41)/t25?,26-,28+,29+,30-/m0/s1. The quantitative estimate of drug-likeness (QED) is 0.226. The van der Waals surface area contributed by atoms with Gasteiger partial charge in [0.2, 0.25) is 11.8 Å². The van der Waals surface area contributed by atoms with E-state index in [1.807, 2.05) is 0 Å². The Bertz CT molecular complexity index is 1230. The van der Waals surface area contributed by atoms with Crippen molar-refractivity contribution in [3.05, 3.63) is 53.0 Å². The third-order valence-electron chi connectivity index (χ3n) is 9.98. The van der Waals surface area contributed by atoms with Crippen LogP contribution in [-0.4, -0.2) is 59.0 Å². The second kappa shape index (κ2) is 14.8. The maximum Gasteiger partial charge on any atom is 0.273 e. The van der Waals surface area contributed by atoms with Crippen LogP contribution in [0.15, 0.2) is 28.9 Å². The lowest BCUT2D eigenvalue weighted by Gasteiger charge is -2.27. The number of carbonyl (C=O) groups excluding carboxylic acids is 2. The smallest absolute Gasteiger partial charge is 0.273 e. The molecule has 3 fully saturated rings. The largest absolute Gasteiger partial charge is 0.448 e. The molecule has 1 unspecified atom stereocenters. The fourth-order valence-corrected chi connectivity index (χ4v) is 7.53. The topological polar surface area (TPSA) is 148 Å². The fourth-order valence-electron chi connectivity index (χ4n) is 7.53. The minimum atomic E-state index is -0.800. The number of nitrogens with one attached hydrogen (secondary N) is 1. The Morgan fingerprint density at radius 3 is 2.56 bits per heavy atom. The molecular formula is C33H46FN3O6. The molecule has 2 bridgehead atoms. The number of ether oxygens (including phenoxy) is 1. The molecule has 10 heteroatoms. The highest BCUT2D eigenvalue weighted by atomic mass is 19.1. The van der Waals surface area contributed by atoms with Crippen LogP contribution in [0.25, 0.3) is 0 Å². The molecule has 1 aromatic carbocycles. The second-order valence-corrected chi connectivity index (χ2v) is 12.8. The van der Waals surface area contributed by atoms with Crippen molar-refractivity contribution in [3.8, 4) is 0 Å². The number of halogens is 1. The third-order valence-corrected chi connectivity index (χ3v) is 9.98. The summed E-state index contributed by atoms with van der Waals surface area (Å²) in [4.78, 5) is 29.6. The third kappa shape index (κ3) is 7.64. The summed E-state index contributed by atoms with van der Waals surface area (Å²) in [6.07, 6.45) is 13.6. The molecule has 43 heavy (non-hydrogen) atoms. The number of oxazole rings is 1. The summed E-state index contributed by atoms with van der Waals surface area (Å²) in [5.41, 5.74) is 7.31. The molecule has 2 aliphatic heterocycles. The first kappa shape index (κ1) is 31.6. The molecule has 3 aliphatic rings. The van der Waals surface area contributed by atoms with Crippen molar-refractivity contribution in [3.63, 3.8) is 0 Å². The zero-order valence-corrected chi connectivity index (χ0v) is 24.9. The van der Waals surface area contributed by atoms with Crippen molar-refractivity contribution in [2.75, 3.05) is 19.8 Å². The van der Waals surface area contributed by atoms with Crippen LogP contribution in [0.1, 0.15) is 97.6 Å². The maximum atomic E-state index is 14.5. The highest BCUT2D eigenvalue weighted by Crippen LogP contribution is 2.50. The Hall–Kier alpha value is -2.82. The summed E-state index contributed by atoms with van der Waals surface area (Å²) in [7, 11) is 0. The normalized spacial score (nSPS) is 24.5. The van der Waals surface area contributed by atoms with Crippen molar-refractivity contribution >= 4 is 11.8 Å². The molecule has 3 heterocycles. The van der Waals surface area contributed by atoms with Crippen LogP contribution >= 0.6 is 0 Å². The summed E-state index contributed by atoms with van der Waals surface area (Å²) >= 11 is 0. The van der Waals surface area contributed by atoms with Gasteiger partial charge in [-0.2, -0.15) is 0 Å². The van der Waals surface area contributed by atoms with E-state index in [9.17, 15) is 24.2 Å². The van der Waals surface area contributed by atoms with Crippen LogP contribution < -0.4 is 11.1 Å². The van der Waals surface area contributed by atoms with E-state index < -0.39 is 23.6 Å². The summed E-state index contributed by atoms with van der Waals surface area (Å²) in [5, 5.41) is 22.3. The Labute approximate surface area is 252 Å². The maximum absolute atomic E-state index is 14.5. The molecule has 5 rings (SSSR count). The fraction of sp³-hybridized carbons (Fsp3) is 0.667. The van der Waals surface area contributed by atoms with Gasteiger partial charge in [-0.05, 0) is 61.3 Å². The van der Waals surface area contributed by atoms with E-state index in [0.29, 0.717) is 24.4 Å². The molecule has 0 spiro atoms. The molecule has 1 saturated carbocycles. The summed E-state index contributed by atoms with van der Waals surface area (Å²) in [6, 6.07) is 4.44.